The maximum Gasteiger partial charge on any atom is 0.197 e. The summed E-state index contributed by atoms with van der Waals surface area (Å²) in [6.07, 6.45) is 0. The van der Waals surface area contributed by atoms with Crippen LogP contribution in [0.1, 0.15) is 25.5 Å². The third-order valence-corrected chi connectivity index (χ3v) is 2.80. The van der Waals surface area contributed by atoms with Crippen LogP contribution in [0.25, 0.3) is 10.9 Å². The second-order valence-electron chi connectivity index (χ2n) is 3.69. The minimum Gasteiger partial charge on any atom is -0.226 e. The quantitative estimate of drug-likeness (QED) is 0.735. The number of nitrogens with zero attached hydrogens (tertiary/aromatic N) is 2. The van der Waals surface area contributed by atoms with Crippen LogP contribution in [0.2, 0.25) is 5.02 Å². The Bertz CT molecular complexity index is 506. The van der Waals surface area contributed by atoms with Gasteiger partial charge < -0.3 is 0 Å². The van der Waals surface area contributed by atoms with Crippen molar-refractivity contribution in [2.45, 2.75) is 19.8 Å². The third-order valence-electron chi connectivity index (χ3n) is 2.21. The van der Waals surface area contributed by atoms with Gasteiger partial charge in [0.1, 0.15) is 0 Å². The van der Waals surface area contributed by atoms with Crippen LogP contribution < -0.4 is 0 Å². The van der Waals surface area contributed by atoms with Gasteiger partial charge in [0.05, 0.1) is 11.2 Å². The highest BCUT2D eigenvalue weighted by atomic mass is 79.9. The zero-order chi connectivity index (χ0) is 11.0. The summed E-state index contributed by atoms with van der Waals surface area (Å²) in [4.78, 5) is 8.69. The Balaban J connectivity index is 2.80. The zero-order valence-electron chi connectivity index (χ0n) is 8.46. The first-order valence-corrected chi connectivity index (χ1v) is 5.87. The topological polar surface area (TPSA) is 25.8 Å². The summed E-state index contributed by atoms with van der Waals surface area (Å²) >= 11 is 9.24. The molecule has 2 nitrogen and oxygen atoms in total. The Labute approximate surface area is 102 Å². The van der Waals surface area contributed by atoms with Crippen molar-refractivity contribution >= 4 is 38.4 Å². The Morgan fingerprint density at radius 3 is 2.67 bits per heavy atom. The van der Waals surface area contributed by atoms with Gasteiger partial charge in [-0.15, -0.1) is 0 Å². The summed E-state index contributed by atoms with van der Waals surface area (Å²) < 4.78 is 0.612. The Morgan fingerprint density at radius 1 is 1.27 bits per heavy atom. The second kappa shape index (κ2) is 4.06. The SMILES string of the molecule is CC(C)c1nc(Br)nc2cc(Cl)ccc12. The first-order valence-electron chi connectivity index (χ1n) is 4.70. The summed E-state index contributed by atoms with van der Waals surface area (Å²) in [7, 11) is 0. The van der Waals surface area contributed by atoms with Gasteiger partial charge in [0.2, 0.25) is 0 Å². The predicted molar refractivity (Wildman–Crippen MR) is 66.3 cm³/mol. The van der Waals surface area contributed by atoms with Gasteiger partial charge in [-0.25, -0.2) is 9.97 Å². The first kappa shape index (κ1) is 10.8. The van der Waals surface area contributed by atoms with Gasteiger partial charge in [-0.3, -0.25) is 0 Å². The Kier molecular flexibility index (Phi) is 2.94. The highest BCUT2D eigenvalue weighted by Gasteiger charge is 2.09. The van der Waals surface area contributed by atoms with Gasteiger partial charge in [-0.05, 0) is 40.0 Å². The molecule has 0 aliphatic carbocycles. The standard InChI is InChI=1S/C11H10BrClN2/c1-6(2)10-8-4-3-7(13)5-9(8)14-11(12)15-10/h3-6H,1-2H3. The lowest BCUT2D eigenvalue weighted by Gasteiger charge is -2.09. The van der Waals surface area contributed by atoms with Crippen LogP contribution >= 0.6 is 27.5 Å². The van der Waals surface area contributed by atoms with Crippen LogP contribution in [-0.4, -0.2) is 9.97 Å². The normalized spacial score (nSPS) is 11.3. The molecule has 0 fully saturated rings. The maximum absolute atomic E-state index is 5.93. The fraction of sp³-hybridized carbons (Fsp3) is 0.273. The van der Waals surface area contributed by atoms with Crippen LogP contribution in [0.4, 0.5) is 0 Å². The molecule has 0 aliphatic heterocycles. The van der Waals surface area contributed by atoms with Crippen molar-refractivity contribution in [2.75, 3.05) is 0 Å². The molecule has 0 atom stereocenters. The average Bonchev–Trinajstić information content (AvgIpc) is 2.15. The van der Waals surface area contributed by atoms with E-state index in [1.54, 1.807) is 0 Å². The van der Waals surface area contributed by atoms with Gasteiger partial charge in [0, 0.05) is 10.4 Å². The number of rotatable bonds is 1. The van der Waals surface area contributed by atoms with Gasteiger partial charge in [0.15, 0.2) is 4.73 Å². The minimum absolute atomic E-state index is 0.368. The highest BCUT2D eigenvalue weighted by molar-refractivity contribution is 9.10. The van der Waals surface area contributed by atoms with Crippen LogP contribution in [0.15, 0.2) is 22.9 Å². The maximum atomic E-state index is 5.93. The third kappa shape index (κ3) is 2.13. The van der Waals surface area contributed by atoms with E-state index < -0.39 is 0 Å². The molecule has 4 heteroatoms. The van der Waals surface area contributed by atoms with Crippen molar-refractivity contribution in [1.82, 2.24) is 9.97 Å². The van der Waals surface area contributed by atoms with E-state index in [9.17, 15) is 0 Å². The molecule has 0 spiro atoms. The number of aromatic nitrogens is 2. The summed E-state index contributed by atoms with van der Waals surface area (Å²) in [5.74, 6) is 0.368. The molecular formula is C11H10BrClN2. The lowest BCUT2D eigenvalue weighted by atomic mass is 10.1. The number of hydrogen-bond acceptors (Lipinski definition) is 2. The lowest BCUT2D eigenvalue weighted by molar-refractivity contribution is 0.822. The van der Waals surface area contributed by atoms with E-state index in [1.807, 2.05) is 18.2 Å². The van der Waals surface area contributed by atoms with Gasteiger partial charge in [0.25, 0.3) is 0 Å². The van der Waals surface area contributed by atoms with E-state index in [-0.39, 0.29) is 0 Å². The molecule has 0 radical (unpaired) electrons. The molecule has 1 heterocycles. The Hall–Kier alpha value is -0.670. The van der Waals surface area contributed by atoms with Crippen molar-refractivity contribution in [2.24, 2.45) is 0 Å². The number of hydrogen-bond donors (Lipinski definition) is 0. The average molecular weight is 286 g/mol. The predicted octanol–water partition coefficient (Wildman–Crippen LogP) is 4.17. The molecule has 0 aliphatic rings. The van der Waals surface area contributed by atoms with Crippen LogP contribution in [0.3, 0.4) is 0 Å². The molecule has 0 unspecified atom stereocenters. The van der Waals surface area contributed by atoms with Gasteiger partial charge in [-0.1, -0.05) is 25.4 Å². The molecule has 1 aromatic carbocycles. The number of halogens is 2. The molecule has 0 saturated carbocycles. The van der Waals surface area contributed by atoms with E-state index >= 15 is 0 Å². The summed E-state index contributed by atoms with van der Waals surface area (Å²) in [6.45, 7) is 4.23. The highest BCUT2D eigenvalue weighted by Crippen LogP contribution is 2.26. The fourth-order valence-electron chi connectivity index (χ4n) is 1.54. The van der Waals surface area contributed by atoms with E-state index in [0.29, 0.717) is 15.7 Å². The molecule has 1 aromatic heterocycles. The van der Waals surface area contributed by atoms with Gasteiger partial charge in [-0.2, -0.15) is 0 Å². The van der Waals surface area contributed by atoms with Crippen molar-refractivity contribution in [3.8, 4) is 0 Å². The van der Waals surface area contributed by atoms with Crippen LogP contribution in [-0.2, 0) is 0 Å². The first-order chi connectivity index (χ1) is 7.08. The Morgan fingerprint density at radius 2 is 2.00 bits per heavy atom. The van der Waals surface area contributed by atoms with Crippen molar-refractivity contribution < 1.29 is 0 Å². The number of fused-ring (bicyclic) bond motifs is 1. The zero-order valence-corrected chi connectivity index (χ0v) is 10.8. The lowest BCUT2D eigenvalue weighted by Crippen LogP contribution is -1.97. The van der Waals surface area contributed by atoms with Crippen LogP contribution in [0.5, 0.6) is 0 Å². The van der Waals surface area contributed by atoms with E-state index in [1.165, 1.54) is 0 Å². The van der Waals surface area contributed by atoms with Crippen molar-refractivity contribution in [3.63, 3.8) is 0 Å². The monoisotopic (exact) mass is 284 g/mol. The molecule has 2 rings (SSSR count). The summed E-state index contributed by atoms with van der Waals surface area (Å²) in [5, 5.41) is 1.76. The molecular weight excluding hydrogens is 275 g/mol. The largest absolute Gasteiger partial charge is 0.226 e. The van der Waals surface area contributed by atoms with Gasteiger partial charge >= 0.3 is 0 Å². The fourth-order valence-corrected chi connectivity index (χ4v) is 2.09. The molecule has 78 valence electrons. The molecule has 15 heavy (non-hydrogen) atoms. The molecule has 0 amide bonds. The number of benzene rings is 1. The summed E-state index contributed by atoms with van der Waals surface area (Å²) in [6, 6.07) is 5.70. The molecule has 0 saturated heterocycles. The summed E-state index contributed by atoms with van der Waals surface area (Å²) in [5.41, 5.74) is 1.93. The van der Waals surface area contributed by atoms with E-state index in [0.717, 1.165) is 16.6 Å². The van der Waals surface area contributed by atoms with Crippen molar-refractivity contribution in [1.29, 1.82) is 0 Å². The second-order valence-corrected chi connectivity index (χ2v) is 4.84. The smallest absolute Gasteiger partial charge is 0.197 e. The van der Waals surface area contributed by atoms with E-state index in [4.69, 9.17) is 11.6 Å². The molecule has 2 aromatic rings. The molecule has 0 N–H and O–H groups in total. The minimum atomic E-state index is 0.368. The van der Waals surface area contributed by atoms with E-state index in [2.05, 4.69) is 39.7 Å². The van der Waals surface area contributed by atoms with Crippen LogP contribution in [0, 0.1) is 0 Å². The van der Waals surface area contributed by atoms with Crippen molar-refractivity contribution in [3.05, 3.63) is 33.6 Å². The molecule has 0 bridgehead atoms.